The van der Waals surface area contributed by atoms with Gasteiger partial charge in [0, 0.05) is 12.5 Å². The van der Waals surface area contributed by atoms with Crippen molar-refractivity contribution < 1.29 is 9.84 Å². The fourth-order valence-electron chi connectivity index (χ4n) is 2.40. The van der Waals surface area contributed by atoms with E-state index in [0.717, 1.165) is 35.1 Å². The highest BCUT2D eigenvalue weighted by Gasteiger charge is 2.13. The third-order valence-corrected chi connectivity index (χ3v) is 3.50. The zero-order chi connectivity index (χ0) is 13.7. The van der Waals surface area contributed by atoms with Crippen molar-refractivity contribution in [2.45, 2.75) is 45.4 Å². The van der Waals surface area contributed by atoms with Gasteiger partial charge in [0.2, 0.25) is 0 Å². The van der Waals surface area contributed by atoms with E-state index in [-0.39, 0.29) is 5.75 Å². The average molecular weight is 259 g/mol. The number of nitrogens with zero attached hydrogens (tertiary/aromatic N) is 1. The number of benzene rings is 1. The van der Waals surface area contributed by atoms with Crippen molar-refractivity contribution in [2.24, 2.45) is 0 Å². The summed E-state index contributed by atoms with van der Waals surface area (Å²) >= 11 is 0. The molecule has 0 spiro atoms. The van der Waals surface area contributed by atoms with E-state index in [9.17, 15) is 10.3 Å². The molecule has 0 fully saturated rings. The van der Waals surface area contributed by atoms with Crippen LogP contribution < -0.4 is 4.73 Å². The minimum Gasteiger partial charge on any atom is -0.618 e. The largest absolute Gasteiger partial charge is 0.618 e. The number of rotatable bonds is 6. The number of aromatic nitrogens is 1. The third-order valence-electron chi connectivity index (χ3n) is 3.50. The molecule has 0 radical (unpaired) electrons. The molecule has 0 amide bonds. The number of hydrogen-bond donors (Lipinski definition) is 1. The van der Waals surface area contributed by atoms with E-state index in [1.807, 2.05) is 18.2 Å². The van der Waals surface area contributed by atoms with Crippen LogP contribution in [-0.4, -0.2) is 5.11 Å². The molecule has 0 saturated carbocycles. The average Bonchev–Trinajstić information content (AvgIpc) is 2.41. The van der Waals surface area contributed by atoms with Gasteiger partial charge in [-0.05, 0) is 24.6 Å². The Hall–Kier alpha value is -1.77. The quantitative estimate of drug-likeness (QED) is 0.488. The van der Waals surface area contributed by atoms with Gasteiger partial charge in [-0.15, -0.1) is 0 Å². The number of phenolic OH excluding ortho intramolecular Hbond substituents is 1. The Morgan fingerprint density at radius 2 is 1.84 bits per heavy atom. The third kappa shape index (κ3) is 3.16. The molecule has 1 N–H and O–H groups in total. The first-order valence-corrected chi connectivity index (χ1v) is 7.07. The predicted octanol–water partition coefficient (Wildman–Crippen LogP) is 3.69. The van der Waals surface area contributed by atoms with E-state index in [4.69, 9.17) is 0 Å². The van der Waals surface area contributed by atoms with Crippen molar-refractivity contribution in [1.82, 2.24) is 0 Å². The van der Waals surface area contributed by atoms with Crippen molar-refractivity contribution in [2.75, 3.05) is 0 Å². The van der Waals surface area contributed by atoms with E-state index in [0.29, 0.717) is 5.52 Å². The van der Waals surface area contributed by atoms with Crippen molar-refractivity contribution in [3.8, 4) is 5.75 Å². The minimum absolute atomic E-state index is 0.0559. The molecule has 102 valence electrons. The molecule has 1 aromatic carbocycles. The highest BCUT2D eigenvalue weighted by molar-refractivity contribution is 5.81. The van der Waals surface area contributed by atoms with Crippen molar-refractivity contribution >= 4 is 10.9 Å². The number of phenols is 1. The highest BCUT2D eigenvalue weighted by atomic mass is 16.5. The molecule has 1 heterocycles. The molecule has 1 aromatic heterocycles. The Bertz CT molecular complexity index is 552. The van der Waals surface area contributed by atoms with Crippen LogP contribution in [0.4, 0.5) is 0 Å². The number of aryl methyl sites for hydroxylation is 1. The fourth-order valence-corrected chi connectivity index (χ4v) is 2.40. The van der Waals surface area contributed by atoms with E-state index >= 15 is 0 Å². The maximum atomic E-state index is 12.2. The van der Waals surface area contributed by atoms with Gasteiger partial charge in [0.1, 0.15) is 0 Å². The van der Waals surface area contributed by atoms with Crippen LogP contribution in [0.5, 0.6) is 5.75 Å². The number of fused-ring (bicyclic) bond motifs is 1. The molecule has 19 heavy (non-hydrogen) atoms. The Labute approximate surface area is 114 Å². The summed E-state index contributed by atoms with van der Waals surface area (Å²) < 4.78 is 0.879. The number of hydrogen-bond acceptors (Lipinski definition) is 2. The molecule has 0 aliphatic carbocycles. The normalized spacial score (nSPS) is 11.0. The summed E-state index contributed by atoms with van der Waals surface area (Å²) in [5.41, 5.74) is 1.12. The summed E-state index contributed by atoms with van der Waals surface area (Å²) in [6, 6.07) is 8.93. The molecular weight excluding hydrogens is 238 g/mol. The number of para-hydroxylation sites is 1. The van der Waals surface area contributed by atoms with Crippen molar-refractivity contribution in [3.05, 3.63) is 41.2 Å². The van der Waals surface area contributed by atoms with Crippen LogP contribution in [-0.2, 0) is 6.42 Å². The van der Waals surface area contributed by atoms with Gasteiger partial charge in [-0.2, -0.15) is 4.73 Å². The topological polar surface area (TPSA) is 47.2 Å². The van der Waals surface area contributed by atoms with Gasteiger partial charge >= 0.3 is 0 Å². The lowest BCUT2D eigenvalue weighted by Crippen LogP contribution is -2.32. The minimum atomic E-state index is 0.0559. The smallest absolute Gasteiger partial charge is 0.266 e. The second-order valence-corrected chi connectivity index (χ2v) is 5.00. The van der Waals surface area contributed by atoms with E-state index in [2.05, 4.69) is 6.92 Å². The Kier molecular flexibility index (Phi) is 4.61. The van der Waals surface area contributed by atoms with E-state index in [1.54, 1.807) is 12.1 Å². The number of pyridine rings is 1. The van der Waals surface area contributed by atoms with Crippen LogP contribution in [0.1, 0.15) is 44.7 Å². The molecule has 0 saturated heterocycles. The molecule has 2 rings (SSSR count). The van der Waals surface area contributed by atoms with Crippen molar-refractivity contribution in [3.63, 3.8) is 0 Å². The zero-order valence-corrected chi connectivity index (χ0v) is 11.4. The van der Waals surface area contributed by atoms with Gasteiger partial charge in [0.05, 0.1) is 5.39 Å². The molecule has 3 heteroatoms. The summed E-state index contributed by atoms with van der Waals surface area (Å²) in [7, 11) is 0. The lowest BCUT2D eigenvalue weighted by molar-refractivity contribution is -0.586. The second-order valence-electron chi connectivity index (χ2n) is 5.00. The lowest BCUT2D eigenvalue weighted by Gasteiger charge is -2.08. The first-order chi connectivity index (χ1) is 9.24. The summed E-state index contributed by atoms with van der Waals surface area (Å²) in [5, 5.41) is 22.8. The standard InChI is InChI=1S/C16H21NO2/c1-2-3-4-5-6-9-14-12-11-13-8-7-10-15(18)16(13)17(14)19/h7-8,10-12,18H,2-6,9H2,1H3. The lowest BCUT2D eigenvalue weighted by atomic mass is 10.1. The SMILES string of the molecule is CCCCCCCc1ccc2cccc(O)c2[n+]1[O-]. The first-order valence-electron chi connectivity index (χ1n) is 7.07. The maximum Gasteiger partial charge on any atom is 0.266 e. The number of unbranched alkanes of at least 4 members (excludes halogenated alkanes) is 4. The first kappa shape index (κ1) is 13.7. The van der Waals surface area contributed by atoms with E-state index in [1.165, 1.54) is 19.3 Å². The fraction of sp³-hybridized carbons (Fsp3) is 0.438. The molecule has 0 atom stereocenters. The molecule has 0 aliphatic heterocycles. The molecular formula is C16H21NO2. The molecule has 0 unspecified atom stereocenters. The molecule has 2 aromatic rings. The van der Waals surface area contributed by atoms with E-state index < -0.39 is 0 Å². The van der Waals surface area contributed by atoms with Gasteiger partial charge in [0.15, 0.2) is 11.4 Å². The zero-order valence-electron chi connectivity index (χ0n) is 11.4. The van der Waals surface area contributed by atoms with Gasteiger partial charge in [0.25, 0.3) is 5.52 Å². The van der Waals surface area contributed by atoms with Crippen LogP contribution in [0, 0.1) is 5.21 Å². The van der Waals surface area contributed by atoms with Gasteiger partial charge in [-0.25, -0.2) is 0 Å². The Morgan fingerprint density at radius 1 is 1.05 bits per heavy atom. The maximum absolute atomic E-state index is 12.2. The molecule has 3 nitrogen and oxygen atoms in total. The van der Waals surface area contributed by atoms with Gasteiger partial charge in [-0.1, -0.05) is 38.7 Å². The predicted molar refractivity (Wildman–Crippen MR) is 77.0 cm³/mol. The molecule has 0 aliphatic rings. The summed E-state index contributed by atoms with van der Waals surface area (Å²) in [6.45, 7) is 2.19. The van der Waals surface area contributed by atoms with Crippen LogP contribution in [0.15, 0.2) is 30.3 Å². The number of aromatic hydroxyl groups is 1. The summed E-state index contributed by atoms with van der Waals surface area (Å²) in [6.07, 6.45) is 6.68. The van der Waals surface area contributed by atoms with Gasteiger partial charge in [-0.3, -0.25) is 0 Å². The van der Waals surface area contributed by atoms with Crippen LogP contribution in [0.3, 0.4) is 0 Å². The monoisotopic (exact) mass is 259 g/mol. The Balaban J connectivity index is 2.12. The van der Waals surface area contributed by atoms with Crippen LogP contribution in [0.2, 0.25) is 0 Å². The van der Waals surface area contributed by atoms with Crippen LogP contribution >= 0.6 is 0 Å². The summed E-state index contributed by atoms with van der Waals surface area (Å²) in [5.74, 6) is 0.0559. The molecule has 0 bridgehead atoms. The van der Waals surface area contributed by atoms with Gasteiger partial charge < -0.3 is 10.3 Å². The second kappa shape index (κ2) is 6.41. The van der Waals surface area contributed by atoms with Crippen molar-refractivity contribution in [1.29, 1.82) is 0 Å². The Morgan fingerprint density at radius 3 is 2.63 bits per heavy atom. The summed E-state index contributed by atoms with van der Waals surface area (Å²) in [4.78, 5) is 0. The van der Waals surface area contributed by atoms with Crippen LogP contribution in [0.25, 0.3) is 10.9 Å². The highest BCUT2D eigenvalue weighted by Crippen LogP contribution is 2.21.